The minimum Gasteiger partial charge on any atom is -0.489 e. The van der Waals surface area contributed by atoms with Gasteiger partial charge in [0.05, 0.1) is 4.91 Å². The van der Waals surface area contributed by atoms with Gasteiger partial charge in [-0.25, -0.2) is 4.39 Å². The molecule has 4 rings (SSSR count). The Morgan fingerprint density at radius 3 is 2.39 bits per heavy atom. The van der Waals surface area contributed by atoms with Crippen molar-refractivity contribution < 1.29 is 18.7 Å². The van der Waals surface area contributed by atoms with Gasteiger partial charge in [-0.1, -0.05) is 54.6 Å². The van der Waals surface area contributed by atoms with Crippen LogP contribution in [0.1, 0.15) is 16.7 Å². The van der Waals surface area contributed by atoms with Crippen LogP contribution >= 0.6 is 11.8 Å². The molecule has 3 aromatic carbocycles. The molecule has 0 bridgehead atoms. The van der Waals surface area contributed by atoms with Crippen LogP contribution < -0.4 is 4.74 Å². The zero-order chi connectivity index (χ0) is 21.6. The van der Waals surface area contributed by atoms with Gasteiger partial charge in [-0.2, -0.15) is 0 Å². The van der Waals surface area contributed by atoms with Crippen LogP contribution in [-0.2, 0) is 17.8 Å². The van der Waals surface area contributed by atoms with Crippen LogP contribution in [0.3, 0.4) is 0 Å². The lowest BCUT2D eigenvalue weighted by Gasteiger charge is -2.12. The van der Waals surface area contributed by atoms with E-state index in [2.05, 4.69) is 0 Å². The molecule has 0 N–H and O–H groups in total. The van der Waals surface area contributed by atoms with Crippen LogP contribution in [0.15, 0.2) is 83.8 Å². The summed E-state index contributed by atoms with van der Waals surface area (Å²) < 4.78 is 18.9. The van der Waals surface area contributed by atoms with Gasteiger partial charge in [-0.05, 0) is 65.2 Å². The number of ether oxygens (including phenoxy) is 1. The van der Waals surface area contributed by atoms with Crippen LogP contribution in [0.4, 0.5) is 9.18 Å². The maximum absolute atomic E-state index is 13.2. The molecule has 0 unspecified atom stereocenters. The number of hydrogen-bond donors (Lipinski definition) is 0. The smallest absolute Gasteiger partial charge is 0.293 e. The first-order valence-electron chi connectivity index (χ1n) is 9.85. The number of nitrogens with zero attached hydrogens (tertiary/aromatic N) is 1. The Bertz CT molecular complexity index is 1110. The fourth-order valence-corrected chi connectivity index (χ4v) is 4.05. The molecule has 1 aliphatic rings. The van der Waals surface area contributed by atoms with E-state index in [0.717, 1.165) is 28.5 Å². The van der Waals surface area contributed by atoms with Crippen molar-refractivity contribution in [1.29, 1.82) is 0 Å². The molecule has 3 aromatic rings. The highest BCUT2D eigenvalue weighted by Crippen LogP contribution is 2.32. The van der Waals surface area contributed by atoms with Gasteiger partial charge in [-0.3, -0.25) is 14.5 Å². The van der Waals surface area contributed by atoms with Crippen molar-refractivity contribution in [1.82, 2.24) is 4.90 Å². The van der Waals surface area contributed by atoms with E-state index in [-0.39, 0.29) is 23.6 Å². The molecule has 1 aliphatic heterocycles. The first-order valence-corrected chi connectivity index (χ1v) is 10.7. The second kappa shape index (κ2) is 9.62. The zero-order valence-electron chi connectivity index (χ0n) is 16.7. The van der Waals surface area contributed by atoms with Crippen LogP contribution in [0.25, 0.3) is 6.08 Å². The predicted octanol–water partition coefficient (Wildman–Crippen LogP) is 5.68. The Morgan fingerprint density at radius 2 is 1.65 bits per heavy atom. The van der Waals surface area contributed by atoms with Crippen LogP contribution in [0.2, 0.25) is 0 Å². The molecule has 1 fully saturated rings. The lowest BCUT2D eigenvalue weighted by molar-refractivity contribution is -0.122. The van der Waals surface area contributed by atoms with E-state index in [0.29, 0.717) is 23.6 Å². The van der Waals surface area contributed by atoms with Crippen LogP contribution in [0.5, 0.6) is 5.75 Å². The fourth-order valence-electron chi connectivity index (χ4n) is 3.18. The number of benzene rings is 3. The normalized spacial score (nSPS) is 15.0. The molecule has 0 spiro atoms. The summed E-state index contributed by atoms with van der Waals surface area (Å²) in [6.07, 6.45) is 2.34. The number of rotatable bonds is 7. The largest absolute Gasteiger partial charge is 0.489 e. The predicted molar refractivity (Wildman–Crippen MR) is 120 cm³/mol. The fraction of sp³-hybridized carbons (Fsp3) is 0.120. The minimum atomic E-state index is -0.297. The third-order valence-electron chi connectivity index (χ3n) is 4.81. The Labute approximate surface area is 184 Å². The Kier molecular flexibility index (Phi) is 6.48. The first kappa shape index (κ1) is 20.9. The monoisotopic (exact) mass is 433 g/mol. The Hall–Kier alpha value is -3.38. The highest BCUT2D eigenvalue weighted by molar-refractivity contribution is 8.18. The van der Waals surface area contributed by atoms with Crippen molar-refractivity contribution in [2.24, 2.45) is 0 Å². The first-order chi connectivity index (χ1) is 15.1. The number of carbonyl (C=O) groups is 2. The SMILES string of the molecule is O=C1S/C(=C\c2ccc(OCc3cccc(F)c3)cc2)C(=O)N1CCc1ccccc1. The third kappa shape index (κ3) is 5.41. The molecule has 1 saturated heterocycles. The molecular formula is C25H20FNO3S. The molecule has 0 aliphatic carbocycles. The van der Waals surface area contributed by atoms with Crippen molar-refractivity contribution in [3.05, 3.63) is 106 Å². The molecule has 4 nitrogen and oxygen atoms in total. The quantitative estimate of drug-likeness (QED) is 0.450. The van der Waals surface area contributed by atoms with E-state index in [9.17, 15) is 14.0 Å². The average Bonchev–Trinajstić information content (AvgIpc) is 3.05. The maximum atomic E-state index is 13.2. The summed E-state index contributed by atoms with van der Waals surface area (Å²) in [5.41, 5.74) is 2.62. The second-order valence-corrected chi connectivity index (χ2v) is 8.05. The highest BCUT2D eigenvalue weighted by atomic mass is 32.2. The van der Waals surface area contributed by atoms with Gasteiger partial charge < -0.3 is 4.74 Å². The summed E-state index contributed by atoms with van der Waals surface area (Å²) in [7, 11) is 0. The van der Waals surface area contributed by atoms with Crippen molar-refractivity contribution in [2.75, 3.05) is 6.54 Å². The maximum Gasteiger partial charge on any atom is 0.293 e. The Morgan fingerprint density at radius 1 is 0.903 bits per heavy atom. The van der Waals surface area contributed by atoms with Crippen LogP contribution in [0, 0.1) is 5.82 Å². The number of halogens is 1. The number of carbonyl (C=O) groups excluding carboxylic acids is 2. The van der Waals surface area contributed by atoms with E-state index in [1.807, 2.05) is 42.5 Å². The van der Waals surface area contributed by atoms with E-state index in [1.165, 1.54) is 17.0 Å². The van der Waals surface area contributed by atoms with Gasteiger partial charge in [-0.15, -0.1) is 0 Å². The molecule has 0 radical (unpaired) electrons. The van der Waals surface area contributed by atoms with E-state index in [1.54, 1.807) is 30.3 Å². The summed E-state index contributed by atoms with van der Waals surface area (Å²) in [5.74, 6) is 0.0731. The third-order valence-corrected chi connectivity index (χ3v) is 5.72. The standard InChI is InChI=1S/C25H20FNO3S/c26-21-8-4-7-20(15-21)17-30-22-11-9-19(10-12-22)16-23-24(28)27(25(29)31-23)14-13-18-5-2-1-3-6-18/h1-12,15-16H,13-14,17H2/b23-16-. The molecule has 156 valence electrons. The summed E-state index contributed by atoms with van der Waals surface area (Å²) in [6, 6.07) is 23.2. The van der Waals surface area contributed by atoms with Gasteiger partial charge in [0.25, 0.3) is 11.1 Å². The second-order valence-electron chi connectivity index (χ2n) is 7.06. The molecule has 0 saturated carbocycles. The number of thioether (sulfide) groups is 1. The van der Waals surface area contributed by atoms with Crippen LogP contribution in [-0.4, -0.2) is 22.6 Å². The zero-order valence-corrected chi connectivity index (χ0v) is 17.5. The molecule has 6 heteroatoms. The summed E-state index contributed by atoms with van der Waals surface area (Å²) in [4.78, 5) is 26.6. The van der Waals surface area contributed by atoms with Crippen molar-refractivity contribution in [3.63, 3.8) is 0 Å². The van der Waals surface area contributed by atoms with Gasteiger partial charge >= 0.3 is 0 Å². The summed E-state index contributed by atoms with van der Waals surface area (Å²) in [6.45, 7) is 0.621. The molecule has 1 heterocycles. The lowest BCUT2D eigenvalue weighted by Crippen LogP contribution is -2.30. The van der Waals surface area contributed by atoms with Crippen molar-refractivity contribution in [2.45, 2.75) is 13.0 Å². The lowest BCUT2D eigenvalue weighted by atomic mass is 10.1. The average molecular weight is 434 g/mol. The highest BCUT2D eigenvalue weighted by Gasteiger charge is 2.34. The van der Waals surface area contributed by atoms with E-state index < -0.39 is 0 Å². The van der Waals surface area contributed by atoms with Gasteiger partial charge in [0, 0.05) is 6.54 Å². The molecule has 31 heavy (non-hydrogen) atoms. The topological polar surface area (TPSA) is 46.6 Å². The number of amides is 2. The Balaban J connectivity index is 1.36. The number of imide groups is 1. The molecule has 0 aromatic heterocycles. The summed E-state index contributed by atoms with van der Waals surface area (Å²) >= 11 is 0.957. The van der Waals surface area contributed by atoms with Gasteiger partial charge in [0.1, 0.15) is 18.2 Å². The van der Waals surface area contributed by atoms with Crippen molar-refractivity contribution in [3.8, 4) is 5.75 Å². The molecule has 0 atom stereocenters. The summed E-state index contributed by atoms with van der Waals surface area (Å²) in [5, 5.41) is -0.248. The van der Waals surface area contributed by atoms with Gasteiger partial charge in [0.2, 0.25) is 0 Å². The van der Waals surface area contributed by atoms with E-state index in [4.69, 9.17) is 4.74 Å². The number of hydrogen-bond acceptors (Lipinski definition) is 4. The molecular weight excluding hydrogens is 413 g/mol. The van der Waals surface area contributed by atoms with E-state index >= 15 is 0 Å². The molecule has 2 amide bonds. The van der Waals surface area contributed by atoms with Gasteiger partial charge in [0.15, 0.2) is 0 Å². The minimum absolute atomic E-state index is 0.248. The van der Waals surface area contributed by atoms with Crippen molar-refractivity contribution >= 4 is 29.0 Å².